The van der Waals surface area contributed by atoms with Gasteiger partial charge in [0.05, 0.1) is 6.04 Å². The Hall–Kier alpha value is -0.220. The van der Waals surface area contributed by atoms with Crippen LogP contribution in [0.1, 0.15) is 44.9 Å². The van der Waals surface area contributed by atoms with Gasteiger partial charge in [0.25, 0.3) is 0 Å². The summed E-state index contributed by atoms with van der Waals surface area (Å²) in [4.78, 5) is 14.3. The second-order valence-electron chi connectivity index (χ2n) is 5.64. The molecule has 18 heavy (non-hydrogen) atoms. The Morgan fingerprint density at radius 3 is 2.72 bits per heavy atom. The first-order chi connectivity index (χ1) is 8.77. The van der Waals surface area contributed by atoms with Crippen molar-refractivity contribution in [2.24, 2.45) is 11.7 Å². The lowest BCUT2D eigenvalue weighted by atomic mass is 9.85. The van der Waals surface area contributed by atoms with Crippen LogP contribution in [0.4, 0.5) is 0 Å². The topological polar surface area (TPSA) is 46.3 Å². The van der Waals surface area contributed by atoms with E-state index >= 15 is 0 Å². The smallest absolute Gasteiger partial charge is 0.239 e. The van der Waals surface area contributed by atoms with E-state index in [0.717, 1.165) is 31.7 Å². The molecule has 0 bridgehead atoms. The number of rotatable bonds is 3. The van der Waals surface area contributed by atoms with Gasteiger partial charge in [-0.05, 0) is 24.5 Å². The van der Waals surface area contributed by atoms with Crippen molar-refractivity contribution in [3.05, 3.63) is 0 Å². The fourth-order valence-corrected chi connectivity index (χ4v) is 3.97. The number of nitrogens with zero attached hydrogens (tertiary/aromatic N) is 1. The molecule has 0 aromatic rings. The molecule has 1 aliphatic heterocycles. The molecule has 2 aliphatic rings. The molecule has 1 heterocycles. The average Bonchev–Trinajstić information content (AvgIpc) is 2.68. The molecule has 4 heteroatoms. The van der Waals surface area contributed by atoms with E-state index in [-0.39, 0.29) is 11.9 Å². The standard InChI is InChI=1S/C14H26N2OS/c15-13(11-12-5-2-1-3-6-12)14(17)16-7-4-9-18-10-8-16/h12-13H,1-11,15H2. The Morgan fingerprint density at radius 1 is 1.17 bits per heavy atom. The van der Waals surface area contributed by atoms with Crippen LogP contribution in [0.2, 0.25) is 0 Å². The predicted molar refractivity (Wildman–Crippen MR) is 77.7 cm³/mol. The number of carbonyl (C=O) groups excluding carboxylic acids is 1. The number of hydrogen-bond acceptors (Lipinski definition) is 3. The molecular formula is C14H26N2OS. The van der Waals surface area contributed by atoms with Gasteiger partial charge in [-0.15, -0.1) is 0 Å². The first-order valence-corrected chi connectivity index (χ1v) is 8.55. The SMILES string of the molecule is NC(CC1CCCCC1)C(=O)N1CCCSCC1. The average molecular weight is 270 g/mol. The van der Waals surface area contributed by atoms with E-state index in [1.807, 2.05) is 16.7 Å². The van der Waals surface area contributed by atoms with E-state index in [4.69, 9.17) is 5.73 Å². The molecule has 2 rings (SSSR count). The van der Waals surface area contributed by atoms with E-state index in [1.165, 1.54) is 37.9 Å². The van der Waals surface area contributed by atoms with Crippen molar-refractivity contribution < 1.29 is 4.79 Å². The molecule has 0 aromatic heterocycles. The Bertz CT molecular complexity index is 259. The minimum Gasteiger partial charge on any atom is -0.340 e. The summed E-state index contributed by atoms with van der Waals surface area (Å²) in [5, 5.41) is 0. The molecule has 1 saturated heterocycles. The lowest BCUT2D eigenvalue weighted by Crippen LogP contribution is -2.45. The summed E-state index contributed by atoms with van der Waals surface area (Å²) in [5.41, 5.74) is 6.13. The fourth-order valence-electron chi connectivity index (χ4n) is 3.08. The van der Waals surface area contributed by atoms with E-state index in [0.29, 0.717) is 5.92 Å². The van der Waals surface area contributed by atoms with Crippen molar-refractivity contribution in [1.29, 1.82) is 0 Å². The van der Waals surface area contributed by atoms with Crippen LogP contribution in [-0.2, 0) is 4.79 Å². The molecule has 1 atom stereocenters. The van der Waals surface area contributed by atoms with Crippen molar-refractivity contribution in [3.63, 3.8) is 0 Å². The first kappa shape index (κ1) is 14.2. The number of carbonyl (C=O) groups is 1. The summed E-state index contributed by atoms with van der Waals surface area (Å²) in [7, 11) is 0. The van der Waals surface area contributed by atoms with E-state index in [1.54, 1.807) is 0 Å². The van der Waals surface area contributed by atoms with Gasteiger partial charge in [-0.3, -0.25) is 4.79 Å². The Labute approximate surface area is 115 Å². The third-order valence-electron chi connectivity index (χ3n) is 4.16. The maximum absolute atomic E-state index is 12.3. The molecule has 104 valence electrons. The highest BCUT2D eigenvalue weighted by molar-refractivity contribution is 7.99. The normalized spacial score (nSPS) is 24.6. The first-order valence-electron chi connectivity index (χ1n) is 7.39. The van der Waals surface area contributed by atoms with E-state index < -0.39 is 0 Å². The van der Waals surface area contributed by atoms with Gasteiger partial charge >= 0.3 is 0 Å². The van der Waals surface area contributed by atoms with Crippen molar-refractivity contribution in [3.8, 4) is 0 Å². The summed E-state index contributed by atoms with van der Waals surface area (Å²) < 4.78 is 0. The molecule has 2 fully saturated rings. The van der Waals surface area contributed by atoms with Gasteiger partial charge in [0, 0.05) is 18.8 Å². The Balaban J connectivity index is 1.79. The van der Waals surface area contributed by atoms with Crippen LogP contribution in [0, 0.1) is 5.92 Å². The zero-order chi connectivity index (χ0) is 12.8. The molecule has 0 aromatic carbocycles. The van der Waals surface area contributed by atoms with Crippen LogP contribution >= 0.6 is 11.8 Å². The zero-order valence-electron chi connectivity index (χ0n) is 11.3. The minimum atomic E-state index is -0.254. The zero-order valence-corrected chi connectivity index (χ0v) is 12.1. The molecule has 0 spiro atoms. The van der Waals surface area contributed by atoms with Gasteiger partial charge in [0.1, 0.15) is 0 Å². The van der Waals surface area contributed by atoms with Crippen LogP contribution in [0.5, 0.6) is 0 Å². The molecule has 2 N–H and O–H groups in total. The van der Waals surface area contributed by atoms with Crippen LogP contribution in [-0.4, -0.2) is 41.4 Å². The summed E-state index contributed by atoms with van der Waals surface area (Å²) in [6.07, 6.45) is 8.59. The van der Waals surface area contributed by atoms with Crippen molar-refractivity contribution in [2.75, 3.05) is 24.6 Å². The maximum atomic E-state index is 12.3. The lowest BCUT2D eigenvalue weighted by molar-refractivity contribution is -0.132. The Kier molecular flexibility index (Phi) is 5.83. The van der Waals surface area contributed by atoms with Gasteiger partial charge < -0.3 is 10.6 Å². The van der Waals surface area contributed by atoms with Gasteiger partial charge in [-0.1, -0.05) is 32.1 Å². The highest BCUT2D eigenvalue weighted by Gasteiger charge is 2.25. The molecule has 1 saturated carbocycles. The molecule has 1 aliphatic carbocycles. The third kappa shape index (κ3) is 4.16. The van der Waals surface area contributed by atoms with Crippen molar-refractivity contribution >= 4 is 17.7 Å². The summed E-state index contributed by atoms with van der Waals surface area (Å²) in [6.45, 7) is 1.80. The van der Waals surface area contributed by atoms with Gasteiger partial charge in [-0.25, -0.2) is 0 Å². The largest absolute Gasteiger partial charge is 0.340 e. The second-order valence-corrected chi connectivity index (χ2v) is 6.86. The quantitative estimate of drug-likeness (QED) is 0.855. The number of nitrogens with two attached hydrogens (primary N) is 1. The molecular weight excluding hydrogens is 244 g/mol. The van der Waals surface area contributed by atoms with Crippen LogP contribution < -0.4 is 5.73 Å². The highest BCUT2D eigenvalue weighted by atomic mass is 32.2. The highest BCUT2D eigenvalue weighted by Crippen LogP contribution is 2.27. The summed E-state index contributed by atoms with van der Waals surface area (Å²) in [6, 6.07) is -0.254. The van der Waals surface area contributed by atoms with Crippen LogP contribution in [0.25, 0.3) is 0 Å². The van der Waals surface area contributed by atoms with Crippen LogP contribution in [0.15, 0.2) is 0 Å². The van der Waals surface area contributed by atoms with E-state index in [9.17, 15) is 4.79 Å². The van der Waals surface area contributed by atoms with E-state index in [2.05, 4.69) is 0 Å². The molecule has 3 nitrogen and oxygen atoms in total. The number of hydrogen-bond donors (Lipinski definition) is 1. The number of amides is 1. The lowest BCUT2D eigenvalue weighted by Gasteiger charge is -2.28. The van der Waals surface area contributed by atoms with Crippen molar-refractivity contribution in [1.82, 2.24) is 4.90 Å². The van der Waals surface area contributed by atoms with Crippen molar-refractivity contribution in [2.45, 2.75) is 51.0 Å². The van der Waals surface area contributed by atoms with Gasteiger partial charge in [0.2, 0.25) is 5.91 Å². The minimum absolute atomic E-state index is 0.197. The molecule has 1 amide bonds. The fraction of sp³-hybridized carbons (Fsp3) is 0.929. The summed E-state index contributed by atoms with van der Waals surface area (Å²) >= 11 is 1.95. The number of thioether (sulfide) groups is 1. The Morgan fingerprint density at radius 2 is 1.94 bits per heavy atom. The molecule has 0 radical (unpaired) electrons. The van der Waals surface area contributed by atoms with Gasteiger partial charge in [0.15, 0.2) is 0 Å². The third-order valence-corrected chi connectivity index (χ3v) is 5.21. The maximum Gasteiger partial charge on any atom is 0.239 e. The second kappa shape index (κ2) is 7.39. The van der Waals surface area contributed by atoms with Crippen LogP contribution in [0.3, 0.4) is 0 Å². The summed E-state index contributed by atoms with van der Waals surface area (Å²) in [5.74, 6) is 3.14. The monoisotopic (exact) mass is 270 g/mol. The predicted octanol–water partition coefficient (Wildman–Crippen LogP) is 2.25. The molecule has 1 unspecified atom stereocenters. The van der Waals surface area contributed by atoms with Gasteiger partial charge in [-0.2, -0.15) is 11.8 Å².